The Morgan fingerprint density at radius 2 is 1.94 bits per heavy atom. The van der Waals surface area contributed by atoms with Crippen molar-refractivity contribution in [1.82, 2.24) is 25.3 Å². The van der Waals surface area contributed by atoms with Crippen LogP contribution in [-0.4, -0.2) is 84.6 Å². The van der Waals surface area contributed by atoms with Crippen molar-refractivity contribution < 1.29 is 19.1 Å². The molecular weight excluding hydrogens is 458 g/mol. The smallest absolute Gasteiger partial charge is 0.338 e. The molecule has 2 N–H and O–H groups in total. The highest BCUT2D eigenvalue weighted by atomic mass is 16.5. The quantitative estimate of drug-likeness (QED) is 0.404. The van der Waals surface area contributed by atoms with E-state index in [1.165, 1.54) is 0 Å². The molecule has 0 aromatic heterocycles. The zero-order valence-electron chi connectivity index (χ0n) is 21.9. The van der Waals surface area contributed by atoms with E-state index in [4.69, 9.17) is 4.74 Å². The maximum absolute atomic E-state index is 13.3. The van der Waals surface area contributed by atoms with Crippen LogP contribution in [0.3, 0.4) is 0 Å². The van der Waals surface area contributed by atoms with Gasteiger partial charge in [0.05, 0.1) is 18.2 Å². The van der Waals surface area contributed by atoms with Crippen LogP contribution in [0.15, 0.2) is 48.2 Å². The van der Waals surface area contributed by atoms with Gasteiger partial charge in [-0.15, -0.1) is 6.58 Å². The minimum atomic E-state index is -0.619. The number of carbonyl (C=O) groups excluding carboxylic acids is 3. The molecular formula is C27H39N5O4. The van der Waals surface area contributed by atoms with Gasteiger partial charge in [-0.05, 0) is 32.8 Å². The topological polar surface area (TPSA) is 94.2 Å². The summed E-state index contributed by atoms with van der Waals surface area (Å²) in [6.07, 6.45) is 2.53. The van der Waals surface area contributed by atoms with Crippen molar-refractivity contribution in [1.29, 1.82) is 0 Å². The first-order valence-corrected chi connectivity index (χ1v) is 12.7. The lowest BCUT2D eigenvalue weighted by molar-refractivity contribution is -0.139. The number of amides is 4. The van der Waals surface area contributed by atoms with Crippen molar-refractivity contribution in [3.63, 3.8) is 0 Å². The maximum atomic E-state index is 13.3. The Bertz CT molecular complexity index is 990. The largest absolute Gasteiger partial charge is 0.463 e. The van der Waals surface area contributed by atoms with E-state index in [2.05, 4.69) is 22.1 Å². The molecule has 0 spiro atoms. The van der Waals surface area contributed by atoms with E-state index < -0.39 is 12.0 Å². The van der Waals surface area contributed by atoms with Gasteiger partial charge in [-0.25, -0.2) is 14.4 Å². The highest BCUT2D eigenvalue weighted by molar-refractivity contribution is 5.95. The Morgan fingerprint density at radius 3 is 2.56 bits per heavy atom. The monoisotopic (exact) mass is 497 g/mol. The molecule has 2 heterocycles. The average Bonchev–Trinajstić information content (AvgIpc) is 2.85. The molecule has 0 saturated carbocycles. The number of nitrogens with zero attached hydrogens (tertiary/aromatic N) is 3. The number of hydrogen-bond donors (Lipinski definition) is 2. The zero-order chi connectivity index (χ0) is 26.2. The fourth-order valence-electron chi connectivity index (χ4n) is 4.68. The fraction of sp³-hybridized carbons (Fsp3) is 0.519. The summed E-state index contributed by atoms with van der Waals surface area (Å²) in [6, 6.07) is 6.81. The van der Waals surface area contributed by atoms with E-state index in [-0.39, 0.29) is 31.3 Å². The lowest BCUT2D eigenvalue weighted by Gasteiger charge is -2.42. The molecule has 9 heteroatoms. The maximum Gasteiger partial charge on any atom is 0.338 e. The van der Waals surface area contributed by atoms with Crippen molar-refractivity contribution in [2.45, 2.75) is 46.2 Å². The van der Waals surface area contributed by atoms with E-state index in [9.17, 15) is 14.4 Å². The lowest BCUT2D eigenvalue weighted by atomic mass is 9.93. The predicted octanol–water partition coefficient (Wildman–Crippen LogP) is 3.19. The third kappa shape index (κ3) is 6.26. The predicted molar refractivity (Wildman–Crippen MR) is 139 cm³/mol. The van der Waals surface area contributed by atoms with Gasteiger partial charge in [-0.1, -0.05) is 42.8 Å². The number of benzene rings is 1. The van der Waals surface area contributed by atoms with Crippen LogP contribution in [0.25, 0.3) is 0 Å². The van der Waals surface area contributed by atoms with E-state index >= 15 is 0 Å². The molecule has 0 aliphatic carbocycles. The van der Waals surface area contributed by atoms with Crippen LogP contribution in [0.2, 0.25) is 0 Å². The number of ether oxygens (including phenoxy) is 1. The first-order valence-electron chi connectivity index (χ1n) is 12.7. The van der Waals surface area contributed by atoms with E-state index in [1.54, 1.807) is 17.9 Å². The van der Waals surface area contributed by atoms with Crippen LogP contribution in [0.1, 0.15) is 44.4 Å². The summed E-state index contributed by atoms with van der Waals surface area (Å²) in [6.45, 7) is 14.9. The summed E-state index contributed by atoms with van der Waals surface area (Å²) < 4.78 is 5.46. The normalized spacial score (nSPS) is 20.7. The second-order valence-electron chi connectivity index (χ2n) is 9.28. The molecule has 196 valence electrons. The molecule has 2 atom stereocenters. The molecule has 2 aliphatic rings. The van der Waals surface area contributed by atoms with Crippen LogP contribution in [0.5, 0.6) is 0 Å². The van der Waals surface area contributed by atoms with Gasteiger partial charge in [0.2, 0.25) is 0 Å². The molecule has 3 rings (SSSR count). The van der Waals surface area contributed by atoms with Crippen LogP contribution in [0.4, 0.5) is 9.59 Å². The van der Waals surface area contributed by atoms with E-state index in [0.717, 1.165) is 17.5 Å². The number of nitrogens with one attached hydrogen (secondary N) is 2. The third-order valence-electron chi connectivity index (χ3n) is 6.53. The van der Waals surface area contributed by atoms with Gasteiger partial charge in [0.1, 0.15) is 0 Å². The van der Waals surface area contributed by atoms with Gasteiger partial charge in [0.25, 0.3) is 0 Å². The second kappa shape index (κ2) is 12.6. The van der Waals surface area contributed by atoms with Crippen LogP contribution in [0, 0.1) is 6.92 Å². The Kier molecular flexibility index (Phi) is 9.52. The summed E-state index contributed by atoms with van der Waals surface area (Å²) in [5.41, 5.74) is 2.95. The standard InChI is InChI=1S/C27H39N5O4/c1-6-13-28-26(34)31-16-15-30(17-20(31)5)18-22-23(25(33)36-8-3)24(21-11-9-19(4)10-12-21)29-27(35)32(22)14-7-2/h7,9-12,20,24H,2,6,8,13-18H2,1,3-5H3,(H,28,34)(H,29,35). The molecule has 1 aromatic carbocycles. The molecule has 2 aliphatic heterocycles. The number of aryl methyl sites for hydroxylation is 1. The zero-order valence-corrected chi connectivity index (χ0v) is 21.9. The summed E-state index contributed by atoms with van der Waals surface area (Å²) in [5.74, 6) is -0.447. The van der Waals surface area contributed by atoms with Crippen molar-refractivity contribution >= 4 is 18.0 Å². The Hall–Kier alpha value is -3.33. The molecule has 9 nitrogen and oxygen atoms in total. The Labute approximate surface area is 214 Å². The van der Waals surface area contributed by atoms with Crippen LogP contribution >= 0.6 is 0 Å². The highest BCUT2D eigenvalue weighted by Gasteiger charge is 2.39. The Morgan fingerprint density at radius 1 is 1.22 bits per heavy atom. The van der Waals surface area contributed by atoms with Gasteiger partial charge in [-0.2, -0.15) is 0 Å². The van der Waals surface area contributed by atoms with Crippen molar-refractivity contribution in [2.24, 2.45) is 0 Å². The van der Waals surface area contributed by atoms with Gasteiger partial charge in [0, 0.05) is 51.0 Å². The Balaban J connectivity index is 1.95. The number of rotatable bonds is 9. The number of urea groups is 2. The van der Waals surface area contributed by atoms with Crippen LogP contribution in [-0.2, 0) is 9.53 Å². The average molecular weight is 498 g/mol. The second-order valence-corrected chi connectivity index (χ2v) is 9.28. The highest BCUT2D eigenvalue weighted by Crippen LogP contribution is 2.32. The molecule has 36 heavy (non-hydrogen) atoms. The molecule has 1 aromatic rings. The number of piperazine rings is 1. The third-order valence-corrected chi connectivity index (χ3v) is 6.53. The molecule has 4 amide bonds. The summed E-state index contributed by atoms with van der Waals surface area (Å²) in [5, 5.41) is 5.94. The first-order chi connectivity index (χ1) is 17.3. The van der Waals surface area contributed by atoms with Gasteiger partial charge >= 0.3 is 18.0 Å². The van der Waals surface area contributed by atoms with Gasteiger partial charge in [-0.3, -0.25) is 9.80 Å². The van der Waals surface area contributed by atoms with Gasteiger partial charge < -0.3 is 20.3 Å². The molecule has 0 radical (unpaired) electrons. The minimum absolute atomic E-state index is 0.0135. The fourth-order valence-corrected chi connectivity index (χ4v) is 4.68. The molecule has 2 unspecified atom stereocenters. The number of esters is 1. The minimum Gasteiger partial charge on any atom is -0.463 e. The van der Waals surface area contributed by atoms with E-state index in [1.807, 2.05) is 49.9 Å². The van der Waals surface area contributed by atoms with Gasteiger partial charge in [0.15, 0.2) is 0 Å². The van der Waals surface area contributed by atoms with E-state index in [0.29, 0.717) is 44.0 Å². The molecule has 0 bridgehead atoms. The van der Waals surface area contributed by atoms with Crippen LogP contribution < -0.4 is 10.6 Å². The molecule has 1 saturated heterocycles. The first kappa shape index (κ1) is 27.3. The summed E-state index contributed by atoms with van der Waals surface area (Å²) in [4.78, 5) is 44.6. The summed E-state index contributed by atoms with van der Waals surface area (Å²) in [7, 11) is 0. The van der Waals surface area contributed by atoms with Crippen molar-refractivity contribution in [3.05, 3.63) is 59.3 Å². The SMILES string of the molecule is C=CCN1C(=O)NC(c2ccc(C)cc2)C(C(=O)OCC)=C1CN1CCN(C(=O)NCCC)C(C)C1. The van der Waals surface area contributed by atoms with Crippen molar-refractivity contribution in [2.75, 3.05) is 45.9 Å². The number of hydrogen-bond acceptors (Lipinski definition) is 5. The van der Waals surface area contributed by atoms with Crippen molar-refractivity contribution in [3.8, 4) is 0 Å². The molecule has 1 fully saturated rings. The number of carbonyl (C=O) groups is 3. The lowest BCUT2D eigenvalue weighted by Crippen LogP contribution is -2.58. The summed E-state index contributed by atoms with van der Waals surface area (Å²) >= 11 is 0.